The largest absolute Gasteiger partial charge is 0.353 e. The molecule has 0 bridgehead atoms. The van der Waals surface area contributed by atoms with Crippen LogP contribution in [0.25, 0.3) is 0 Å². The number of alkyl halides is 3. The van der Waals surface area contributed by atoms with Crippen LogP contribution in [0, 0.1) is 17.6 Å². The number of benzene rings is 2. The van der Waals surface area contributed by atoms with E-state index in [-0.39, 0.29) is 0 Å². The number of hydrogen-bond acceptors (Lipinski definition) is 0. The number of aryl methyl sites for hydroxylation is 2. The molecule has 0 radical (unpaired) electrons. The van der Waals surface area contributed by atoms with Gasteiger partial charge in [0.15, 0.2) is 0 Å². The van der Waals surface area contributed by atoms with E-state index in [1.807, 2.05) is 18.2 Å². The van der Waals surface area contributed by atoms with Gasteiger partial charge in [-0.2, -0.15) is 8.78 Å². The molecule has 0 nitrogen and oxygen atoms in total. The molecule has 5 heteroatoms. The van der Waals surface area contributed by atoms with E-state index >= 15 is 0 Å². The lowest BCUT2D eigenvalue weighted by atomic mass is 9.78. The zero-order chi connectivity index (χ0) is 20.3. The minimum atomic E-state index is -4.06. The third-order valence-corrected chi connectivity index (χ3v) is 5.83. The standard InChI is InChI=1S/C23H23ClF4/c1-2-15-5-9-18(10-6-15)19-11-7-16(8-12-19)3-4-17-13-20(25)22(21(26)14-17)23(24,27)28/h2,7-8,11-15,18H,1,3-6,9-10H2. The summed E-state index contributed by atoms with van der Waals surface area (Å²) < 4.78 is 53.8. The zero-order valence-corrected chi connectivity index (χ0v) is 16.3. The molecule has 0 saturated heterocycles. The van der Waals surface area contributed by atoms with Crippen molar-refractivity contribution < 1.29 is 17.6 Å². The van der Waals surface area contributed by atoms with Gasteiger partial charge in [0, 0.05) is 0 Å². The molecular formula is C23H23ClF4. The smallest absolute Gasteiger partial charge is 0.206 e. The monoisotopic (exact) mass is 410 g/mol. The first-order valence-electron chi connectivity index (χ1n) is 9.54. The van der Waals surface area contributed by atoms with Gasteiger partial charge in [-0.3, -0.25) is 0 Å². The van der Waals surface area contributed by atoms with E-state index in [0.29, 0.717) is 30.2 Å². The minimum absolute atomic E-state index is 0.325. The lowest BCUT2D eigenvalue weighted by molar-refractivity contribution is 0.0858. The third-order valence-electron chi connectivity index (χ3n) is 5.64. The molecule has 0 aromatic heterocycles. The van der Waals surface area contributed by atoms with Crippen LogP contribution in [0.4, 0.5) is 17.6 Å². The summed E-state index contributed by atoms with van der Waals surface area (Å²) in [6.45, 7) is 3.88. The van der Waals surface area contributed by atoms with Gasteiger partial charge in [0.1, 0.15) is 17.2 Å². The predicted octanol–water partition coefficient (Wildman–Crippen LogP) is 7.50. The predicted molar refractivity (Wildman–Crippen MR) is 105 cm³/mol. The van der Waals surface area contributed by atoms with Gasteiger partial charge in [0.05, 0.1) is 0 Å². The maximum atomic E-state index is 13.8. The van der Waals surface area contributed by atoms with Crippen molar-refractivity contribution in [2.45, 2.75) is 49.8 Å². The summed E-state index contributed by atoms with van der Waals surface area (Å²) >= 11 is 4.77. The fourth-order valence-corrected chi connectivity index (χ4v) is 4.15. The molecule has 150 valence electrons. The number of allylic oxidation sites excluding steroid dienone is 1. The minimum Gasteiger partial charge on any atom is -0.206 e. The van der Waals surface area contributed by atoms with Gasteiger partial charge in [0.2, 0.25) is 0 Å². The van der Waals surface area contributed by atoms with Crippen LogP contribution in [0.1, 0.15) is 53.9 Å². The second kappa shape index (κ2) is 8.69. The Kier molecular flexibility index (Phi) is 6.49. The Morgan fingerprint density at radius 1 is 0.929 bits per heavy atom. The van der Waals surface area contributed by atoms with E-state index in [2.05, 4.69) is 18.7 Å². The highest BCUT2D eigenvalue weighted by atomic mass is 35.5. The number of halogens is 5. The van der Waals surface area contributed by atoms with Gasteiger partial charge < -0.3 is 0 Å². The molecule has 1 aliphatic rings. The van der Waals surface area contributed by atoms with Crippen LogP contribution in [-0.2, 0) is 18.2 Å². The first-order valence-corrected chi connectivity index (χ1v) is 9.92. The number of rotatable bonds is 6. The summed E-state index contributed by atoms with van der Waals surface area (Å²) in [5.74, 6) is -1.44. The van der Waals surface area contributed by atoms with Crippen LogP contribution in [0.3, 0.4) is 0 Å². The molecule has 0 N–H and O–H groups in total. The van der Waals surface area contributed by atoms with E-state index in [9.17, 15) is 17.6 Å². The van der Waals surface area contributed by atoms with E-state index < -0.39 is 22.6 Å². The van der Waals surface area contributed by atoms with Gasteiger partial charge in [0.25, 0.3) is 0 Å². The quantitative estimate of drug-likeness (QED) is 0.263. The molecule has 0 amide bonds. The van der Waals surface area contributed by atoms with Crippen LogP contribution in [0.15, 0.2) is 49.1 Å². The molecule has 0 aliphatic heterocycles. The molecule has 0 unspecified atom stereocenters. The Morgan fingerprint density at radius 3 is 1.96 bits per heavy atom. The molecule has 0 heterocycles. The molecule has 1 saturated carbocycles. The summed E-state index contributed by atoms with van der Waals surface area (Å²) in [6, 6.07) is 10.2. The van der Waals surface area contributed by atoms with Gasteiger partial charge >= 0.3 is 5.38 Å². The third kappa shape index (κ3) is 4.96. The SMILES string of the molecule is C=CC1CCC(c2ccc(CCc3cc(F)c(C(F)(F)Cl)c(F)c3)cc2)CC1. The second-order valence-corrected chi connectivity index (χ2v) is 8.00. The summed E-state index contributed by atoms with van der Waals surface area (Å²) in [6.07, 6.45) is 7.63. The zero-order valence-electron chi connectivity index (χ0n) is 15.5. The fraction of sp³-hybridized carbons (Fsp3) is 0.391. The second-order valence-electron chi connectivity index (χ2n) is 7.52. The van der Waals surface area contributed by atoms with Crippen molar-refractivity contribution in [1.29, 1.82) is 0 Å². The molecule has 0 atom stereocenters. The maximum absolute atomic E-state index is 13.8. The van der Waals surface area contributed by atoms with Crippen molar-refractivity contribution >= 4 is 11.6 Å². The van der Waals surface area contributed by atoms with Crippen LogP contribution >= 0.6 is 11.6 Å². The Labute approximate surface area is 168 Å². The first kappa shape index (κ1) is 20.9. The molecule has 0 spiro atoms. The Balaban J connectivity index is 1.62. The van der Waals surface area contributed by atoms with E-state index in [0.717, 1.165) is 30.5 Å². The molecule has 2 aromatic rings. The van der Waals surface area contributed by atoms with E-state index in [1.165, 1.54) is 18.4 Å². The molecule has 2 aromatic carbocycles. The van der Waals surface area contributed by atoms with Gasteiger partial charge in [-0.1, -0.05) is 30.3 Å². The van der Waals surface area contributed by atoms with Gasteiger partial charge in [-0.05, 0) is 90.8 Å². The van der Waals surface area contributed by atoms with Crippen LogP contribution < -0.4 is 0 Å². The Hall–Kier alpha value is -1.81. The molecule has 1 fully saturated rings. The van der Waals surface area contributed by atoms with E-state index in [1.54, 1.807) is 0 Å². The fourth-order valence-electron chi connectivity index (χ4n) is 3.97. The lowest BCUT2D eigenvalue weighted by Gasteiger charge is -2.27. The Morgan fingerprint density at radius 2 is 1.46 bits per heavy atom. The van der Waals surface area contributed by atoms with E-state index in [4.69, 9.17) is 11.6 Å². The maximum Gasteiger partial charge on any atom is 0.353 e. The van der Waals surface area contributed by atoms with Crippen molar-refractivity contribution in [3.05, 3.63) is 82.9 Å². The summed E-state index contributed by atoms with van der Waals surface area (Å²) in [5, 5.41) is -4.06. The summed E-state index contributed by atoms with van der Waals surface area (Å²) in [7, 11) is 0. The lowest BCUT2D eigenvalue weighted by Crippen LogP contribution is -2.11. The molecule has 3 rings (SSSR count). The summed E-state index contributed by atoms with van der Waals surface area (Å²) in [5.41, 5.74) is 1.29. The van der Waals surface area contributed by atoms with Crippen molar-refractivity contribution in [2.75, 3.05) is 0 Å². The highest BCUT2D eigenvalue weighted by Gasteiger charge is 2.35. The average molecular weight is 411 g/mol. The van der Waals surface area contributed by atoms with Crippen molar-refractivity contribution in [3.8, 4) is 0 Å². The van der Waals surface area contributed by atoms with Crippen molar-refractivity contribution in [2.24, 2.45) is 5.92 Å². The van der Waals surface area contributed by atoms with Crippen LogP contribution in [0.5, 0.6) is 0 Å². The normalized spacial score (nSPS) is 20.2. The Bertz CT molecular complexity index is 792. The van der Waals surface area contributed by atoms with Crippen LogP contribution in [0.2, 0.25) is 0 Å². The van der Waals surface area contributed by atoms with Gasteiger partial charge in [-0.25, -0.2) is 8.78 Å². The van der Waals surface area contributed by atoms with Crippen LogP contribution in [-0.4, -0.2) is 0 Å². The average Bonchev–Trinajstić information content (AvgIpc) is 2.65. The molecule has 28 heavy (non-hydrogen) atoms. The highest BCUT2D eigenvalue weighted by Crippen LogP contribution is 2.37. The first-order chi connectivity index (χ1) is 13.3. The number of hydrogen-bond donors (Lipinski definition) is 0. The van der Waals surface area contributed by atoms with Crippen molar-refractivity contribution in [3.63, 3.8) is 0 Å². The summed E-state index contributed by atoms with van der Waals surface area (Å²) in [4.78, 5) is 0. The van der Waals surface area contributed by atoms with Gasteiger partial charge in [-0.15, -0.1) is 6.58 Å². The molecule has 1 aliphatic carbocycles. The van der Waals surface area contributed by atoms with Crippen molar-refractivity contribution in [1.82, 2.24) is 0 Å². The topological polar surface area (TPSA) is 0 Å². The molecular weight excluding hydrogens is 388 g/mol. The highest BCUT2D eigenvalue weighted by molar-refractivity contribution is 6.21.